The maximum Gasteiger partial charge on any atom is 0.494 e. The van der Waals surface area contributed by atoms with Crippen molar-refractivity contribution in [2.24, 2.45) is 0 Å². The van der Waals surface area contributed by atoms with E-state index in [2.05, 4.69) is 37.7 Å². The molecule has 22 heavy (non-hydrogen) atoms. The molecule has 5 heteroatoms. The molecule has 114 valence electrons. The van der Waals surface area contributed by atoms with Gasteiger partial charge in [0.1, 0.15) is 0 Å². The zero-order valence-corrected chi connectivity index (χ0v) is 13.8. The van der Waals surface area contributed by atoms with Crippen LogP contribution in [0.25, 0.3) is 11.4 Å². The third kappa shape index (κ3) is 2.66. The molecule has 2 aromatic rings. The first-order valence-corrected chi connectivity index (χ1v) is 7.53. The zero-order valence-electron chi connectivity index (χ0n) is 13.8. The third-order valence-corrected chi connectivity index (χ3v) is 4.45. The minimum atomic E-state index is -0.365. The molecule has 1 saturated heterocycles. The SMILES string of the molecule is Cc1cnc(-c2cccc(B3OC(C)(C)C(C)(C)O3)c2)nc1. The van der Waals surface area contributed by atoms with Gasteiger partial charge in [-0.15, -0.1) is 0 Å². The lowest BCUT2D eigenvalue weighted by Gasteiger charge is -2.32. The van der Waals surface area contributed by atoms with Crippen LogP contribution in [0.2, 0.25) is 0 Å². The van der Waals surface area contributed by atoms with Crippen LogP contribution in [0.3, 0.4) is 0 Å². The second-order valence-electron chi connectivity index (χ2n) is 6.80. The standard InChI is InChI=1S/C17H21BN2O2/c1-12-10-19-15(20-11-12)13-7-6-8-14(9-13)18-21-16(2,3)17(4,5)22-18/h6-11H,1-5H3. The third-order valence-electron chi connectivity index (χ3n) is 4.45. The average molecular weight is 296 g/mol. The number of aromatic nitrogens is 2. The van der Waals surface area contributed by atoms with E-state index in [-0.39, 0.29) is 18.3 Å². The van der Waals surface area contributed by atoms with E-state index >= 15 is 0 Å². The minimum Gasteiger partial charge on any atom is -0.399 e. The van der Waals surface area contributed by atoms with Crippen molar-refractivity contribution in [1.29, 1.82) is 0 Å². The largest absolute Gasteiger partial charge is 0.494 e. The van der Waals surface area contributed by atoms with Crippen molar-refractivity contribution in [2.45, 2.75) is 45.8 Å². The molecule has 0 unspecified atom stereocenters. The van der Waals surface area contributed by atoms with Gasteiger partial charge in [-0.2, -0.15) is 0 Å². The summed E-state index contributed by atoms with van der Waals surface area (Å²) in [6.07, 6.45) is 3.65. The summed E-state index contributed by atoms with van der Waals surface area (Å²) in [6, 6.07) is 8.03. The molecule has 0 atom stereocenters. The zero-order chi connectivity index (χ0) is 16.0. The first-order valence-electron chi connectivity index (χ1n) is 7.53. The Morgan fingerprint density at radius 3 is 2.14 bits per heavy atom. The Morgan fingerprint density at radius 1 is 0.955 bits per heavy atom. The number of rotatable bonds is 2. The summed E-state index contributed by atoms with van der Waals surface area (Å²) in [4.78, 5) is 8.76. The van der Waals surface area contributed by atoms with Gasteiger partial charge in [-0.05, 0) is 45.6 Å². The number of hydrogen-bond donors (Lipinski definition) is 0. The van der Waals surface area contributed by atoms with Crippen LogP contribution >= 0.6 is 0 Å². The van der Waals surface area contributed by atoms with Gasteiger partial charge >= 0.3 is 7.12 Å². The van der Waals surface area contributed by atoms with Gasteiger partial charge in [0.2, 0.25) is 0 Å². The van der Waals surface area contributed by atoms with Crippen LogP contribution < -0.4 is 5.46 Å². The van der Waals surface area contributed by atoms with Crippen LogP contribution in [0, 0.1) is 6.92 Å². The van der Waals surface area contributed by atoms with E-state index in [0.717, 1.165) is 16.6 Å². The Kier molecular flexibility index (Phi) is 3.58. The van der Waals surface area contributed by atoms with Crippen LogP contribution in [0.5, 0.6) is 0 Å². The van der Waals surface area contributed by atoms with Crippen LogP contribution in [0.4, 0.5) is 0 Å². The predicted octanol–water partition coefficient (Wildman–Crippen LogP) is 2.75. The Balaban J connectivity index is 1.91. The summed E-state index contributed by atoms with van der Waals surface area (Å²) in [5.41, 5.74) is 2.32. The molecule has 0 bridgehead atoms. The first kappa shape index (κ1) is 15.2. The molecule has 1 aliphatic rings. The topological polar surface area (TPSA) is 44.2 Å². The monoisotopic (exact) mass is 296 g/mol. The summed E-state index contributed by atoms with van der Waals surface area (Å²) < 4.78 is 12.2. The lowest BCUT2D eigenvalue weighted by atomic mass is 9.78. The van der Waals surface area contributed by atoms with Gasteiger partial charge in [0.05, 0.1) is 11.2 Å². The Hall–Kier alpha value is -1.72. The Bertz CT molecular complexity index is 667. The molecule has 0 N–H and O–H groups in total. The lowest BCUT2D eigenvalue weighted by Crippen LogP contribution is -2.41. The second kappa shape index (κ2) is 5.18. The van der Waals surface area contributed by atoms with E-state index in [4.69, 9.17) is 9.31 Å². The summed E-state index contributed by atoms with van der Waals surface area (Å²) in [6.45, 7) is 10.2. The summed E-state index contributed by atoms with van der Waals surface area (Å²) in [7, 11) is -0.365. The maximum absolute atomic E-state index is 6.10. The van der Waals surface area contributed by atoms with Gasteiger partial charge in [0.25, 0.3) is 0 Å². The van der Waals surface area contributed by atoms with E-state index < -0.39 is 0 Å². The van der Waals surface area contributed by atoms with Crippen LogP contribution in [0.1, 0.15) is 33.3 Å². The van der Waals surface area contributed by atoms with Gasteiger partial charge in [-0.1, -0.05) is 24.3 Å². The molecule has 2 heterocycles. The average Bonchev–Trinajstić information content (AvgIpc) is 2.68. The molecule has 1 aromatic carbocycles. The van der Waals surface area contributed by atoms with Crippen molar-refractivity contribution in [1.82, 2.24) is 9.97 Å². The Morgan fingerprint density at radius 2 is 1.55 bits per heavy atom. The van der Waals surface area contributed by atoms with Gasteiger partial charge < -0.3 is 9.31 Å². The van der Waals surface area contributed by atoms with E-state index in [9.17, 15) is 0 Å². The fourth-order valence-corrected chi connectivity index (χ4v) is 2.35. The van der Waals surface area contributed by atoms with Gasteiger partial charge in [0, 0.05) is 18.0 Å². The van der Waals surface area contributed by atoms with E-state index in [1.807, 2.05) is 43.6 Å². The number of hydrogen-bond acceptors (Lipinski definition) is 4. The van der Waals surface area contributed by atoms with Crippen LogP contribution in [0.15, 0.2) is 36.7 Å². The van der Waals surface area contributed by atoms with E-state index in [0.29, 0.717) is 5.82 Å². The van der Waals surface area contributed by atoms with Crippen molar-refractivity contribution in [3.05, 3.63) is 42.2 Å². The highest BCUT2D eigenvalue weighted by molar-refractivity contribution is 6.62. The van der Waals surface area contributed by atoms with Crippen molar-refractivity contribution in [3.63, 3.8) is 0 Å². The molecular formula is C17H21BN2O2. The highest BCUT2D eigenvalue weighted by atomic mass is 16.7. The summed E-state index contributed by atoms with van der Waals surface area (Å²) in [5.74, 6) is 0.712. The molecule has 0 spiro atoms. The van der Waals surface area contributed by atoms with Crippen molar-refractivity contribution < 1.29 is 9.31 Å². The highest BCUT2D eigenvalue weighted by Crippen LogP contribution is 2.36. The summed E-state index contributed by atoms with van der Waals surface area (Å²) in [5, 5.41) is 0. The smallest absolute Gasteiger partial charge is 0.399 e. The minimum absolute atomic E-state index is 0.339. The predicted molar refractivity (Wildman–Crippen MR) is 87.9 cm³/mol. The quantitative estimate of drug-likeness (QED) is 0.799. The van der Waals surface area contributed by atoms with Gasteiger partial charge in [-0.25, -0.2) is 9.97 Å². The second-order valence-corrected chi connectivity index (χ2v) is 6.80. The van der Waals surface area contributed by atoms with Crippen LogP contribution in [-0.4, -0.2) is 28.3 Å². The number of benzene rings is 1. The maximum atomic E-state index is 6.10. The molecule has 0 saturated carbocycles. The van der Waals surface area contributed by atoms with Crippen molar-refractivity contribution in [3.8, 4) is 11.4 Å². The van der Waals surface area contributed by atoms with E-state index in [1.54, 1.807) is 0 Å². The fraction of sp³-hybridized carbons (Fsp3) is 0.412. The highest BCUT2D eigenvalue weighted by Gasteiger charge is 2.51. The first-order chi connectivity index (χ1) is 10.3. The molecule has 0 amide bonds. The van der Waals surface area contributed by atoms with Crippen molar-refractivity contribution >= 4 is 12.6 Å². The van der Waals surface area contributed by atoms with Crippen molar-refractivity contribution in [2.75, 3.05) is 0 Å². The molecule has 1 fully saturated rings. The molecule has 1 aromatic heterocycles. The molecule has 4 nitrogen and oxygen atoms in total. The lowest BCUT2D eigenvalue weighted by molar-refractivity contribution is 0.00578. The van der Waals surface area contributed by atoms with Crippen LogP contribution in [-0.2, 0) is 9.31 Å². The van der Waals surface area contributed by atoms with E-state index in [1.165, 1.54) is 0 Å². The molecular weight excluding hydrogens is 275 g/mol. The normalized spacial score (nSPS) is 19.4. The molecule has 0 radical (unpaired) electrons. The molecule has 0 aliphatic carbocycles. The molecule has 3 rings (SSSR count). The molecule has 1 aliphatic heterocycles. The van der Waals surface area contributed by atoms with Gasteiger partial charge in [0.15, 0.2) is 5.82 Å². The number of nitrogens with zero attached hydrogens (tertiary/aromatic N) is 2. The Labute approximate surface area is 132 Å². The number of aryl methyl sites for hydroxylation is 1. The fourth-order valence-electron chi connectivity index (χ4n) is 2.35. The summed E-state index contributed by atoms with van der Waals surface area (Å²) >= 11 is 0. The van der Waals surface area contributed by atoms with Gasteiger partial charge in [-0.3, -0.25) is 0 Å².